The van der Waals surface area contributed by atoms with Gasteiger partial charge in [0, 0.05) is 37.3 Å². The smallest absolute Gasteiger partial charge is 0.0558 e. The Hall–Kier alpha value is -2.10. The molecule has 0 bridgehead atoms. The molecule has 0 spiro atoms. The van der Waals surface area contributed by atoms with E-state index in [9.17, 15) is 5.11 Å². The lowest BCUT2D eigenvalue weighted by atomic mass is 10.2. The monoisotopic (exact) mass is 294 g/mol. The summed E-state index contributed by atoms with van der Waals surface area (Å²) in [6, 6.07) is 21.0. The van der Waals surface area contributed by atoms with Gasteiger partial charge in [0.25, 0.3) is 0 Å². The molecule has 0 saturated carbocycles. The maximum atomic E-state index is 9.28. The van der Waals surface area contributed by atoms with Crippen molar-refractivity contribution in [1.29, 1.82) is 0 Å². The van der Waals surface area contributed by atoms with E-state index in [4.69, 9.17) is 0 Å². The molecule has 0 aliphatic carbocycles. The molecular formula is C19H22N2O. The highest BCUT2D eigenvalue weighted by atomic mass is 16.3. The number of para-hydroxylation sites is 1. The first kappa shape index (κ1) is 14.8. The van der Waals surface area contributed by atoms with Crippen molar-refractivity contribution in [2.24, 2.45) is 0 Å². The fourth-order valence-electron chi connectivity index (χ4n) is 2.80. The van der Waals surface area contributed by atoms with E-state index in [1.165, 1.54) is 22.2 Å². The largest absolute Gasteiger partial charge is 0.395 e. The van der Waals surface area contributed by atoms with E-state index in [-0.39, 0.29) is 6.61 Å². The Balaban J connectivity index is 1.63. The Kier molecular flexibility index (Phi) is 4.88. The summed E-state index contributed by atoms with van der Waals surface area (Å²) in [4.78, 5) is 5.76. The highest BCUT2D eigenvalue weighted by molar-refractivity contribution is 5.80. The van der Waals surface area contributed by atoms with E-state index in [2.05, 4.69) is 64.5 Å². The van der Waals surface area contributed by atoms with Crippen LogP contribution in [0.3, 0.4) is 0 Å². The van der Waals surface area contributed by atoms with Crippen LogP contribution in [0.4, 0.5) is 0 Å². The number of aromatic nitrogens is 1. The number of aliphatic hydroxyl groups excluding tert-OH is 1. The number of hydrogen-bond acceptors (Lipinski definition) is 2. The van der Waals surface area contributed by atoms with Crippen LogP contribution < -0.4 is 0 Å². The SMILES string of the molecule is OCCN(CCc1cc2ccccc2[nH]1)Cc1ccccc1. The van der Waals surface area contributed by atoms with Gasteiger partial charge in [-0.15, -0.1) is 0 Å². The van der Waals surface area contributed by atoms with Gasteiger partial charge in [-0.25, -0.2) is 0 Å². The molecule has 0 atom stereocenters. The Labute approximate surface area is 131 Å². The van der Waals surface area contributed by atoms with E-state index in [0.717, 1.165) is 19.5 Å². The van der Waals surface area contributed by atoms with Crippen LogP contribution in [-0.2, 0) is 13.0 Å². The lowest BCUT2D eigenvalue weighted by molar-refractivity contribution is 0.191. The Morgan fingerprint density at radius 2 is 1.68 bits per heavy atom. The number of H-pyrrole nitrogens is 1. The third kappa shape index (κ3) is 3.75. The number of nitrogens with zero attached hydrogens (tertiary/aromatic N) is 1. The quantitative estimate of drug-likeness (QED) is 0.702. The Bertz CT molecular complexity index is 673. The van der Waals surface area contributed by atoms with Crippen LogP contribution in [0.1, 0.15) is 11.3 Å². The summed E-state index contributed by atoms with van der Waals surface area (Å²) in [5, 5.41) is 10.5. The van der Waals surface area contributed by atoms with Crippen LogP contribution in [0, 0.1) is 0 Å². The number of benzene rings is 2. The van der Waals surface area contributed by atoms with Gasteiger partial charge >= 0.3 is 0 Å². The van der Waals surface area contributed by atoms with Gasteiger partial charge in [0.1, 0.15) is 0 Å². The van der Waals surface area contributed by atoms with Crippen molar-refractivity contribution in [3.05, 3.63) is 71.9 Å². The second-order valence-electron chi connectivity index (χ2n) is 5.62. The zero-order valence-electron chi connectivity index (χ0n) is 12.7. The summed E-state index contributed by atoms with van der Waals surface area (Å²) in [5.41, 5.74) is 3.72. The minimum Gasteiger partial charge on any atom is -0.395 e. The third-order valence-electron chi connectivity index (χ3n) is 3.95. The molecule has 0 fully saturated rings. The van der Waals surface area contributed by atoms with Gasteiger partial charge in [0.15, 0.2) is 0 Å². The number of rotatable bonds is 7. The molecule has 3 aromatic rings. The first-order valence-corrected chi connectivity index (χ1v) is 7.79. The molecule has 2 aromatic carbocycles. The van der Waals surface area contributed by atoms with E-state index in [1.54, 1.807) is 0 Å². The van der Waals surface area contributed by atoms with Gasteiger partial charge < -0.3 is 10.1 Å². The highest BCUT2D eigenvalue weighted by Crippen LogP contribution is 2.15. The highest BCUT2D eigenvalue weighted by Gasteiger charge is 2.07. The molecule has 0 unspecified atom stereocenters. The number of fused-ring (bicyclic) bond motifs is 1. The maximum Gasteiger partial charge on any atom is 0.0558 e. The average Bonchev–Trinajstić information content (AvgIpc) is 2.97. The lowest BCUT2D eigenvalue weighted by Gasteiger charge is -2.21. The molecule has 0 saturated heterocycles. The summed E-state index contributed by atoms with van der Waals surface area (Å²) in [6.07, 6.45) is 0.960. The third-order valence-corrected chi connectivity index (χ3v) is 3.95. The van der Waals surface area contributed by atoms with Crippen molar-refractivity contribution < 1.29 is 5.11 Å². The summed E-state index contributed by atoms with van der Waals surface area (Å²) < 4.78 is 0. The van der Waals surface area contributed by atoms with Gasteiger partial charge in [-0.3, -0.25) is 4.90 Å². The average molecular weight is 294 g/mol. The molecule has 3 nitrogen and oxygen atoms in total. The first-order chi connectivity index (χ1) is 10.8. The predicted molar refractivity (Wildman–Crippen MR) is 90.8 cm³/mol. The van der Waals surface area contributed by atoms with Crippen molar-refractivity contribution in [2.75, 3.05) is 19.7 Å². The fraction of sp³-hybridized carbons (Fsp3) is 0.263. The zero-order chi connectivity index (χ0) is 15.2. The topological polar surface area (TPSA) is 39.3 Å². The number of nitrogens with one attached hydrogen (secondary N) is 1. The normalized spacial score (nSPS) is 11.4. The van der Waals surface area contributed by atoms with Crippen LogP contribution >= 0.6 is 0 Å². The molecular weight excluding hydrogens is 272 g/mol. The molecule has 0 aliphatic rings. The second-order valence-corrected chi connectivity index (χ2v) is 5.62. The van der Waals surface area contributed by atoms with Crippen LogP contribution in [0.2, 0.25) is 0 Å². The first-order valence-electron chi connectivity index (χ1n) is 7.79. The predicted octanol–water partition coefficient (Wildman–Crippen LogP) is 3.20. The number of aromatic amines is 1. The van der Waals surface area contributed by atoms with Crippen molar-refractivity contribution in [3.63, 3.8) is 0 Å². The van der Waals surface area contributed by atoms with Crippen molar-refractivity contribution in [2.45, 2.75) is 13.0 Å². The van der Waals surface area contributed by atoms with Crippen LogP contribution in [0.25, 0.3) is 10.9 Å². The van der Waals surface area contributed by atoms with Crippen LogP contribution in [0.15, 0.2) is 60.7 Å². The second kappa shape index (κ2) is 7.25. The van der Waals surface area contributed by atoms with E-state index in [1.807, 2.05) is 6.07 Å². The van der Waals surface area contributed by atoms with Crippen LogP contribution in [0.5, 0.6) is 0 Å². The Morgan fingerprint density at radius 1 is 0.909 bits per heavy atom. The summed E-state index contributed by atoms with van der Waals surface area (Å²) in [6.45, 7) is 2.71. The van der Waals surface area contributed by atoms with Crippen molar-refractivity contribution in [1.82, 2.24) is 9.88 Å². The van der Waals surface area contributed by atoms with E-state index < -0.39 is 0 Å². The molecule has 1 aromatic heterocycles. The molecule has 3 heteroatoms. The summed E-state index contributed by atoms with van der Waals surface area (Å²) in [5.74, 6) is 0. The molecule has 3 rings (SSSR count). The minimum absolute atomic E-state index is 0.194. The van der Waals surface area contributed by atoms with E-state index >= 15 is 0 Å². The van der Waals surface area contributed by atoms with Crippen molar-refractivity contribution in [3.8, 4) is 0 Å². The van der Waals surface area contributed by atoms with Gasteiger partial charge in [-0.1, -0.05) is 48.5 Å². The molecule has 114 valence electrons. The van der Waals surface area contributed by atoms with Gasteiger partial charge in [0.05, 0.1) is 6.61 Å². The van der Waals surface area contributed by atoms with Crippen molar-refractivity contribution >= 4 is 10.9 Å². The molecule has 1 heterocycles. The van der Waals surface area contributed by atoms with Gasteiger partial charge in [-0.05, 0) is 23.1 Å². The summed E-state index contributed by atoms with van der Waals surface area (Å²) >= 11 is 0. The molecule has 0 radical (unpaired) electrons. The molecule has 22 heavy (non-hydrogen) atoms. The number of hydrogen-bond donors (Lipinski definition) is 2. The minimum atomic E-state index is 0.194. The van der Waals surface area contributed by atoms with E-state index in [0.29, 0.717) is 6.54 Å². The molecule has 0 aliphatic heterocycles. The maximum absolute atomic E-state index is 9.28. The molecule has 2 N–H and O–H groups in total. The standard InChI is InChI=1S/C19H22N2O/c22-13-12-21(15-16-6-2-1-3-7-16)11-10-18-14-17-8-4-5-9-19(17)20-18/h1-9,14,20,22H,10-13,15H2. The van der Waals surface area contributed by atoms with Crippen LogP contribution in [-0.4, -0.2) is 34.7 Å². The summed E-state index contributed by atoms with van der Waals surface area (Å²) in [7, 11) is 0. The fourth-order valence-corrected chi connectivity index (χ4v) is 2.80. The number of aliphatic hydroxyl groups is 1. The molecule has 0 amide bonds. The Morgan fingerprint density at radius 3 is 2.45 bits per heavy atom. The van der Waals surface area contributed by atoms with Gasteiger partial charge in [-0.2, -0.15) is 0 Å². The lowest BCUT2D eigenvalue weighted by Crippen LogP contribution is -2.28. The van der Waals surface area contributed by atoms with Gasteiger partial charge in [0.2, 0.25) is 0 Å². The zero-order valence-corrected chi connectivity index (χ0v) is 12.7.